The van der Waals surface area contributed by atoms with Crippen LogP contribution < -0.4 is 9.62 Å². The van der Waals surface area contributed by atoms with Crippen LogP contribution in [0.25, 0.3) is 5.69 Å². The summed E-state index contributed by atoms with van der Waals surface area (Å²) >= 11 is 0. The van der Waals surface area contributed by atoms with E-state index in [-0.39, 0.29) is 10.6 Å². The molecule has 3 aromatic carbocycles. The van der Waals surface area contributed by atoms with Crippen LogP contribution in [0.5, 0.6) is 0 Å². The lowest BCUT2D eigenvalue weighted by molar-refractivity contribution is 0.102. The molecule has 0 spiro atoms. The minimum Gasteiger partial charge on any atom is -0.320 e. The zero-order valence-electron chi connectivity index (χ0n) is 18.4. The zero-order valence-corrected chi connectivity index (χ0v) is 19.2. The molecule has 168 valence electrons. The van der Waals surface area contributed by atoms with E-state index in [0.29, 0.717) is 17.1 Å². The van der Waals surface area contributed by atoms with Crippen molar-refractivity contribution in [3.8, 4) is 5.69 Å². The van der Waals surface area contributed by atoms with Gasteiger partial charge >= 0.3 is 0 Å². The van der Waals surface area contributed by atoms with E-state index in [4.69, 9.17) is 0 Å². The lowest BCUT2D eigenvalue weighted by Gasteiger charge is -2.19. The topological polar surface area (TPSA) is 97.2 Å². The van der Waals surface area contributed by atoms with Gasteiger partial charge in [-0.1, -0.05) is 41.6 Å². The van der Waals surface area contributed by atoms with E-state index in [1.807, 2.05) is 37.3 Å². The summed E-state index contributed by atoms with van der Waals surface area (Å²) in [6, 6.07) is 22.6. The molecule has 0 aliphatic rings. The predicted molar refractivity (Wildman–Crippen MR) is 127 cm³/mol. The highest BCUT2D eigenvalue weighted by molar-refractivity contribution is 7.92. The van der Waals surface area contributed by atoms with Gasteiger partial charge in [-0.2, -0.15) is 0 Å². The van der Waals surface area contributed by atoms with Gasteiger partial charge in [-0.25, -0.2) is 13.1 Å². The van der Waals surface area contributed by atoms with Crippen molar-refractivity contribution in [1.82, 2.24) is 15.0 Å². The molecule has 0 aliphatic heterocycles. The third kappa shape index (κ3) is 4.49. The van der Waals surface area contributed by atoms with Crippen molar-refractivity contribution in [1.29, 1.82) is 0 Å². The van der Waals surface area contributed by atoms with Gasteiger partial charge < -0.3 is 5.32 Å². The Kier molecular flexibility index (Phi) is 5.97. The normalized spacial score (nSPS) is 11.2. The van der Waals surface area contributed by atoms with Crippen LogP contribution in [0.2, 0.25) is 0 Å². The Hall–Kier alpha value is -3.98. The minimum absolute atomic E-state index is 0.0618. The van der Waals surface area contributed by atoms with Crippen molar-refractivity contribution in [2.45, 2.75) is 18.7 Å². The summed E-state index contributed by atoms with van der Waals surface area (Å²) in [7, 11) is -2.32. The zero-order chi connectivity index (χ0) is 23.6. The maximum Gasteiger partial charge on any atom is 0.278 e. The fourth-order valence-corrected chi connectivity index (χ4v) is 4.65. The number of hydrogen-bond acceptors (Lipinski definition) is 5. The standard InChI is InChI=1S/C24H23N5O3S/c1-17-9-7-13-21(15-17)29-18(2)23(26-27-29)24(30)25-19-10-8-14-22(16-19)33(31,32)28(3)20-11-5-4-6-12-20/h4-16H,1-3H3,(H,25,30). The number of aryl methyl sites for hydroxylation is 1. The summed E-state index contributed by atoms with van der Waals surface area (Å²) < 4.78 is 28.9. The van der Waals surface area contributed by atoms with Crippen LogP contribution in [0.3, 0.4) is 0 Å². The van der Waals surface area contributed by atoms with E-state index >= 15 is 0 Å². The number of anilines is 2. The van der Waals surface area contributed by atoms with Crippen molar-refractivity contribution in [2.24, 2.45) is 0 Å². The number of nitrogens with one attached hydrogen (secondary N) is 1. The molecule has 1 heterocycles. The van der Waals surface area contributed by atoms with Crippen LogP contribution in [-0.2, 0) is 10.0 Å². The fourth-order valence-electron chi connectivity index (χ4n) is 3.40. The minimum atomic E-state index is -3.81. The Bertz CT molecular complexity index is 1420. The van der Waals surface area contributed by atoms with E-state index in [2.05, 4.69) is 15.6 Å². The van der Waals surface area contributed by atoms with E-state index in [1.54, 1.807) is 48.0 Å². The number of para-hydroxylation sites is 1. The number of nitrogens with zero attached hydrogens (tertiary/aromatic N) is 4. The molecule has 0 saturated carbocycles. The monoisotopic (exact) mass is 461 g/mol. The largest absolute Gasteiger partial charge is 0.320 e. The molecule has 1 amide bonds. The number of hydrogen-bond donors (Lipinski definition) is 1. The summed E-state index contributed by atoms with van der Waals surface area (Å²) in [5.74, 6) is -0.475. The van der Waals surface area contributed by atoms with Gasteiger partial charge in [0, 0.05) is 12.7 Å². The SMILES string of the molecule is Cc1cccc(-n2nnc(C(=O)Nc3cccc(S(=O)(=O)N(C)c4ccccc4)c3)c2C)c1. The highest BCUT2D eigenvalue weighted by atomic mass is 32.2. The summed E-state index contributed by atoms with van der Waals surface area (Å²) in [6.07, 6.45) is 0. The molecular formula is C24H23N5O3S. The number of aromatic nitrogens is 3. The molecule has 0 unspecified atom stereocenters. The maximum atomic E-state index is 13.1. The number of benzene rings is 3. The number of carbonyl (C=O) groups excluding carboxylic acids is 1. The summed E-state index contributed by atoms with van der Waals surface area (Å²) in [5, 5.41) is 10.9. The average Bonchev–Trinajstić information content (AvgIpc) is 3.20. The number of carbonyl (C=O) groups is 1. The molecule has 9 heteroatoms. The Labute approximate surface area is 192 Å². The van der Waals surface area contributed by atoms with Crippen LogP contribution in [-0.4, -0.2) is 36.4 Å². The molecule has 0 saturated heterocycles. The summed E-state index contributed by atoms with van der Waals surface area (Å²) in [6.45, 7) is 3.73. The van der Waals surface area contributed by atoms with Gasteiger partial charge in [-0.3, -0.25) is 9.10 Å². The second-order valence-electron chi connectivity index (χ2n) is 7.56. The van der Waals surface area contributed by atoms with Crippen LogP contribution in [0.15, 0.2) is 83.8 Å². The molecular weight excluding hydrogens is 438 g/mol. The molecule has 4 aromatic rings. The second-order valence-corrected chi connectivity index (χ2v) is 9.53. The first-order chi connectivity index (χ1) is 15.8. The highest BCUT2D eigenvalue weighted by Crippen LogP contribution is 2.24. The molecule has 1 N–H and O–H groups in total. The Balaban J connectivity index is 1.58. The molecule has 8 nitrogen and oxygen atoms in total. The second kappa shape index (κ2) is 8.87. The van der Waals surface area contributed by atoms with E-state index in [9.17, 15) is 13.2 Å². The van der Waals surface area contributed by atoms with E-state index in [0.717, 1.165) is 11.3 Å². The van der Waals surface area contributed by atoms with E-state index in [1.165, 1.54) is 23.5 Å². The van der Waals surface area contributed by atoms with Crippen LogP contribution in [0, 0.1) is 13.8 Å². The molecule has 0 fully saturated rings. The van der Waals surface area contributed by atoms with Crippen LogP contribution in [0.1, 0.15) is 21.7 Å². The van der Waals surface area contributed by atoms with Crippen LogP contribution in [0.4, 0.5) is 11.4 Å². The predicted octanol–water partition coefficient (Wildman–Crippen LogP) is 3.96. The number of amides is 1. The van der Waals surface area contributed by atoms with Crippen LogP contribution >= 0.6 is 0 Å². The molecule has 33 heavy (non-hydrogen) atoms. The molecule has 0 bridgehead atoms. The highest BCUT2D eigenvalue weighted by Gasteiger charge is 2.23. The first kappa shape index (κ1) is 22.2. The van der Waals surface area contributed by atoms with Gasteiger partial charge in [-0.15, -0.1) is 5.10 Å². The van der Waals surface area contributed by atoms with Crippen molar-refractivity contribution in [2.75, 3.05) is 16.7 Å². The first-order valence-electron chi connectivity index (χ1n) is 10.2. The van der Waals surface area contributed by atoms with E-state index < -0.39 is 15.9 Å². The van der Waals surface area contributed by atoms with Crippen molar-refractivity contribution < 1.29 is 13.2 Å². The smallest absolute Gasteiger partial charge is 0.278 e. The Morgan fingerprint density at radius 2 is 1.67 bits per heavy atom. The van der Waals surface area contributed by atoms with Gasteiger partial charge in [0.25, 0.3) is 15.9 Å². The van der Waals surface area contributed by atoms with Crippen molar-refractivity contribution >= 4 is 27.3 Å². The molecule has 0 atom stereocenters. The quantitative estimate of drug-likeness (QED) is 0.469. The molecule has 1 aromatic heterocycles. The first-order valence-corrected chi connectivity index (χ1v) is 11.7. The Morgan fingerprint density at radius 1 is 0.939 bits per heavy atom. The Morgan fingerprint density at radius 3 is 2.39 bits per heavy atom. The van der Waals surface area contributed by atoms with Crippen molar-refractivity contribution in [3.05, 3.63) is 95.8 Å². The van der Waals surface area contributed by atoms with Gasteiger partial charge in [-0.05, 0) is 61.9 Å². The number of sulfonamides is 1. The van der Waals surface area contributed by atoms with Gasteiger partial charge in [0.05, 0.1) is 22.0 Å². The summed E-state index contributed by atoms with van der Waals surface area (Å²) in [4.78, 5) is 12.9. The molecule has 0 radical (unpaired) electrons. The van der Waals surface area contributed by atoms with Gasteiger partial charge in [0.1, 0.15) is 0 Å². The average molecular weight is 462 g/mol. The fraction of sp³-hybridized carbons (Fsp3) is 0.125. The maximum absolute atomic E-state index is 13.1. The van der Waals surface area contributed by atoms with Gasteiger partial charge in [0.2, 0.25) is 0 Å². The lowest BCUT2D eigenvalue weighted by atomic mass is 10.2. The third-order valence-electron chi connectivity index (χ3n) is 5.23. The molecule has 4 rings (SSSR count). The third-order valence-corrected chi connectivity index (χ3v) is 7.01. The molecule has 0 aliphatic carbocycles. The van der Waals surface area contributed by atoms with Crippen molar-refractivity contribution in [3.63, 3.8) is 0 Å². The van der Waals surface area contributed by atoms with Gasteiger partial charge in [0.15, 0.2) is 5.69 Å². The summed E-state index contributed by atoms with van der Waals surface area (Å²) in [5.41, 5.74) is 3.47. The lowest BCUT2D eigenvalue weighted by Crippen LogP contribution is -2.26. The number of rotatable bonds is 6.